The summed E-state index contributed by atoms with van der Waals surface area (Å²) in [6.45, 7) is 9.24. The van der Waals surface area contributed by atoms with E-state index in [-0.39, 0.29) is 0 Å². The van der Waals surface area contributed by atoms with Crippen LogP contribution in [-0.4, -0.2) is 13.7 Å². The van der Waals surface area contributed by atoms with Crippen molar-refractivity contribution in [3.05, 3.63) is 0 Å². The fourth-order valence-electron chi connectivity index (χ4n) is 0.857. The lowest BCUT2D eigenvalue weighted by molar-refractivity contribution is 0.676. The van der Waals surface area contributed by atoms with Crippen molar-refractivity contribution in [2.45, 2.75) is 51.5 Å². The minimum absolute atomic E-state index is 0.507. The minimum atomic E-state index is -1.02. The van der Waals surface area contributed by atoms with Crippen LogP contribution in [0.5, 0.6) is 0 Å². The van der Waals surface area contributed by atoms with Gasteiger partial charge in [-0.3, -0.25) is 0 Å². The van der Waals surface area contributed by atoms with E-state index >= 15 is 0 Å². The number of hydrogen-bond donors (Lipinski definition) is 1. The molecule has 0 spiro atoms. The molecule has 0 rings (SSSR count). The molecule has 1 nitrogen and oxygen atoms in total. The molecule has 1 unspecified atom stereocenters. The van der Waals surface area contributed by atoms with Gasteiger partial charge >= 0.3 is 0 Å². The first-order valence-electron chi connectivity index (χ1n) is 4.24. The van der Waals surface area contributed by atoms with Gasteiger partial charge in [-0.1, -0.05) is 39.4 Å². The maximum absolute atomic E-state index is 6.00. The molecule has 0 saturated carbocycles. The third-order valence-electron chi connectivity index (χ3n) is 1.98. The summed E-state index contributed by atoms with van der Waals surface area (Å²) in [7, 11) is -1.02. The van der Waals surface area contributed by atoms with Gasteiger partial charge < -0.3 is 5.73 Å². The smallest absolute Gasteiger partial charge is 0.0632 e. The Hall–Kier alpha value is 0.177. The summed E-state index contributed by atoms with van der Waals surface area (Å²) in [5, 5.41) is 0. The van der Waals surface area contributed by atoms with Crippen LogP contribution >= 0.6 is 0 Å². The molecular weight excluding hydrogens is 138 g/mol. The largest absolute Gasteiger partial charge is 0.330 e. The van der Waals surface area contributed by atoms with E-state index in [1.807, 2.05) is 0 Å². The van der Waals surface area contributed by atoms with Crippen LogP contribution in [0.25, 0.3) is 0 Å². The third kappa shape index (κ3) is 4.07. The van der Waals surface area contributed by atoms with Gasteiger partial charge in [0, 0.05) is 0 Å². The molecule has 0 fully saturated rings. The molecule has 0 bridgehead atoms. The van der Waals surface area contributed by atoms with Gasteiger partial charge in [0.25, 0.3) is 0 Å². The van der Waals surface area contributed by atoms with Gasteiger partial charge in [0.2, 0.25) is 0 Å². The summed E-state index contributed by atoms with van der Waals surface area (Å²) in [4.78, 5) is 0. The Balaban J connectivity index is 3.52. The molecule has 1 atom stereocenters. The maximum Gasteiger partial charge on any atom is 0.0632 e. The van der Waals surface area contributed by atoms with Crippen molar-refractivity contribution in [1.82, 2.24) is 0 Å². The average Bonchev–Trinajstić information content (AvgIpc) is 1.80. The number of hydrogen-bond acceptors (Lipinski definition) is 1. The molecule has 0 amide bonds. The van der Waals surface area contributed by atoms with Crippen molar-refractivity contribution in [3.63, 3.8) is 0 Å². The Morgan fingerprint density at radius 2 is 1.80 bits per heavy atom. The SMILES string of the molecule is CCCCC(N)[Si](C)(C)C. The van der Waals surface area contributed by atoms with Gasteiger partial charge in [0.05, 0.1) is 8.07 Å². The zero-order chi connectivity index (χ0) is 8.20. The predicted octanol–water partition coefficient (Wildman–Crippen LogP) is 2.38. The number of nitrogens with two attached hydrogens (primary N) is 1. The average molecular weight is 159 g/mol. The van der Waals surface area contributed by atoms with E-state index < -0.39 is 8.07 Å². The van der Waals surface area contributed by atoms with E-state index in [1.54, 1.807) is 0 Å². The highest BCUT2D eigenvalue weighted by atomic mass is 28.3. The monoisotopic (exact) mass is 159 g/mol. The van der Waals surface area contributed by atoms with Gasteiger partial charge in [-0.2, -0.15) is 0 Å². The van der Waals surface area contributed by atoms with Crippen molar-refractivity contribution < 1.29 is 0 Å². The Labute approximate surface area is 66.0 Å². The first-order chi connectivity index (χ1) is 4.48. The van der Waals surface area contributed by atoms with Crippen LogP contribution in [0.3, 0.4) is 0 Å². The molecule has 0 aliphatic rings. The van der Waals surface area contributed by atoms with Gasteiger partial charge in [-0.25, -0.2) is 0 Å². The number of unbranched alkanes of at least 4 members (excludes halogenated alkanes) is 1. The van der Waals surface area contributed by atoms with Crippen molar-refractivity contribution >= 4 is 8.07 Å². The normalized spacial score (nSPS) is 15.3. The molecule has 62 valence electrons. The van der Waals surface area contributed by atoms with Crippen LogP contribution in [0.2, 0.25) is 19.6 Å². The van der Waals surface area contributed by atoms with Crippen LogP contribution in [-0.2, 0) is 0 Å². The fraction of sp³-hybridized carbons (Fsp3) is 1.00. The molecule has 2 N–H and O–H groups in total. The lowest BCUT2D eigenvalue weighted by atomic mass is 10.2. The zero-order valence-corrected chi connectivity index (χ0v) is 8.78. The van der Waals surface area contributed by atoms with E-state index in [0.29, 0.717) is 5.67 Å². The summed E-state index contributed by atoms with van der Waals surface area (Å²) < 4.78 is 0. The lowest BCUT2D eigenvalue weighted by Gasteiger charge is -2.24. The van der Waals surface area contributed by atoms with Crippen molar-refractivity contribution in [3.8, 4) is 0 Å². The highest BCUT2D eigenvalue weighted by Gasteiger charge is 2.21. The number of rotatable bonds is 4. The Morgan fingerprint density at radius 3 is 2.10 bits per heavy atom. The molecule has 0 aliphatic heterocycles. The van der Waals surface area contributed by atoms with Crippen LogP contribution in [0.15, 0.2) is 0 Å². The highest BCUT2D eigenvalue weighted by molar-refractivity contribution is 6.77. The van der Waals surface area contributed by atoms with Crippen molar-refractivity contribution in [2.24, 2.45) is 5.73 Å². The van der Waals surface area contributed by atoms with E-state index in [4.69, 9.17) is 5.73 Å². The summed E-state index contributed by atoms with van der Waals surface area (Å²) in [5.74, 6) is 0. The molecule has 0 aromatic heterocycles. The Morgan fingerprint density at radius 1 is 1.30 bits per heavy atom. The second kappa shape index (κ2) is 4.14. The second-order valence-corrected chi connectivity index (χ2v) is 9.59. The first-order valence-corrected chi connectivity index (χ1v) is 7.81. The molecular formula is C8H21NSi. The highest BCUT2D eigenvalue weighted by Crippen LogP contribution is 2.11. The molecule has 0 heterocycles. The van der Waals surface area contributed by atoms with Crippen LogP contribution in [0.4, 0.5) is 0 Å². The maximum atomic E-state index is 6.00. The molecule has 2 heteroatoms. The van der Waals surface area contributed by atoms with Gasteiger partial charge in [0.1, 0.15) is 0 Å². The van der Waals surface area contributed by atoms with E-state index in [0.717, 1.165) is 0 Å². The van der Waals surface area contributed by atoms with Crippen LogP contribution in [0, 0.1) is 0 Å². The Kier molecular flexibility index (Phi) is 4.21. The van der Waals surface area contributed by atoms with Gasteiger partial charge in [-0.15, -0.1) is 0 Å². The Bertz CT molecular complexity index is 85.7. The van der Waals surface area contributed by atoms with Gasteiger partial charge in [-0.05, 0) is 12.1 Å². The quantitative estimate of drug-likeness (QED) is 0.626. The molecule has 10 heavy (non-hydrogen) atoms. The molecule has 0 saturated heterocycles. The molecule has 0 aromatic carbocycles. The van der Waals surface area contributed by atoms with Crippen molar-refractivity contribution in [1.29, 1.82) is 0 Å². The van der Waals surface area contributed by atoms with Gasteiger partial charge in [0.15, 0.2) is 0 Å². The molecule has 0 radical (unpaired) electrons. The minimum Gasteiger partial charge on any atom is -0.330 e. The van der Waals surface area contributed by atoms with Crippen LogP contribution in [0.1, 0.15) is 26.2 Å². The molecule has 0 aliphatic carbocycles. The van der Waals surface area contributed by atoms with E-state index in [2.05, 4.69) is 26.6 Å². The predicted molar refractivity (Wildman–Crippen MR) is 50.8 cm³/mol. The standard InChI is InChI=1S/C8H21NSi/c1-5-6-7-8(9)10(2,3)4/h8H,5-7,9H2,1-4H3. The van der Waals surface area contributed by atoms with E-state index in [1.165, 1.54) is 19.3 Å². The second-order valence-electron chi connectivity index (χ2n) is 4.11. The zero-order valence-electron chi connectivity index (χ0n) is 7.78. The fourth-order valence-corrected chi connectivity index (χ4v) is 1.93. The van der Waals surface area contributed by atoms with Crippen molar-refractivity contribution in [2.75, 3.05) is 0 Å². The summed E-state index contributed by atoms with van der Waals surface area (Å²) >= 11 is 0. The summed E-state index contributed by atoms with van der Waals surface area (Å²) in [5.41, 5.74) is 6.51. The lowest BCUT2D eigenvalue weighted by Crippen LogP contribution is -2.44. The summed E-state index contributed by atoms with van der Waals surface area (Å²) in [6.07, 6.45) is 3.80. The first kappa shape index (κ1) is 10.2. The topological polar surface area (TPSA) is 26.0 Å². The molecule has 0 aromatic rings. The third-order valence-corrected chi connectivity index (χ3v) is 4.49. The van der Waals surface area contributed by atoms with Crippen LogP contribution < -0.4 is 5.73 Å². The van der Waals surface area contributed by atoms with E-state index in [9.17, 15) is 0 Å². The summed E-state index contributed by atoms with van der Waals surface area (Å²) in [6, 6.07) is 0.